The number of nitrogens with zero attached hydrogens (tertiary/aromatic N) is 4. The molecule has 3 N–H and O–H groups in total. The lowest BCUT2D eigenvalue weighted by Crippen LogP contribution is -2.66. The van der Waals surface area contributed by atoms with Crippen LogP contribution in [0.1, 0.15) is 47.4 Å². The Labute approximate surface area is 256 Å². The maximum atomic E-state index is 13.3. The Balaban J connectivity index is 1.41. The lowest BCUT2D eigenvalue weighted by Gasteiger charge is -2.46. The van der Waals surface area contributed by atoms with Crippen LogP contribution in [0.2, 0.25) is 5.04 Å². The first-order valence-corrected chi connectivity index (χ1v) is 16.5. The van der Waals surface area contributed by atoms with E-state index in [4.69, 9.17) is 15.0 Å². The van der Waals surface area contributed by atoms with Gasteiger partial charge in [-0.05, 0) is 45.9 Å². The van der Waals surface area contributed by atoms with Crippen molar-refractivity contribution in [2.24, 2.45) is 5.11 Å². The molecular formula is C32H36N4O7Si. The van der Waals surface area contributed by atoms with Gasteiger partial charge < -0.3 is 24.5 Å². The Morgan fingerprint density at radius 1 is 0.909 bits per heavy atom. The lowest BCUT2D eigenvalue weighted by atomic mass is 9.91. The van der Waals surface area contributed by atoms with E-state index in [0.29, 0.717) is 6.42 Å². The Kier molecular flexibility index (Phi) is 9.33. The average molecular weight is 617 g/mol. The summed E-state index contributed by atoms with van der Waals surface area (Å²) >= 11 is 0. The van der Waals surface area contributed by atoms with Crippen LogP contribution in [0.4, 0.5) is 0 Å². The number of azide groups is 1. The third-order valence-corrected chi connectivity index (χ3v) is 13.3. The van der Waals surface area contributed by atoms with Crippen molar-refractivity contribution in [3.8, 4) is 0 Å². The Morgan fingerprint density at radius 3 is 1.95 bits per heavy atom. The van der Waals surface area contributed by atoms with E-state index < -0.39 is 55.8 Å². The van der Waals surface area contributed by atoms with Gasteiger partial charge in [-0.3, -0.25) is 14.5 Å². The van der Waals surface area contributed by atoms with E-state index in [9.17, 15) is 24.6 Å². The minimum Gasteiger partial charge on any atom is -0.424 e. The number of aliphatic hydroxyl groups excluding tert-OH is 2. The van der Waals surface area contributed by atoms with Crippen molar-refractivity contribution in [1.82, 2.24) is 4.90 Å². The van der Waals surface area contributed by atoms with Crippen LogP contribution in [0, 0.1) is 0 Å². The first kappa shape index (κ1) is 31.5. The number of carbonyl (C=O) groups is 2. The topological polar surface area (TPSA) is 165 Å². The van der Waals surface area contributed by atoms with E-state index in [2.05, 4.69) is 10.0 Å². The molecule has 0 spiro atoms. The van der Waals surface area contributed by atoms with Gasteiger partial charge in [-0.15, -0.1) is 0 Å². The number of carbonyl (C=O) groups excluding carboxylic acids is 2. The fraction of sp³-hybridized carbons (Fsp3) is 0.375. The zero-order chi connectivity index (χ0) is 31.5. The molecule has 5 atom stereocenters. The molecule has 44 heavy (non-hydrogen) atoms. The fourth-order valence-corrected chi connectivity index (χ4v) is 10.0. The number of rotatable bonds is 11. The second-order valence-corrected chi connectivity index (χ2v) is 15.7. The van der Waals surface area contributed by atoms with Gasteiger partial charge in [0.05, 0.1) is 23.8 Å². The molecule has 2 aliphatic heterocycles. The smallest absolute Gasteiger partial charge is 0.262 e. The molecule has 0 aliphatic carbocycles. The summed E-state index contributed by atoms with van der Waals surface area (Å²) in [6.07, 6.45) is -4.70. The molecule has 0 aromatic heterocycles. The summed E-state index contributed by atoms with van der Waals surface area (Å²) in [4.78, 5) is 42.7. The van der Waals surface area contributed by atoms with Gasteiger partial charge in [0.25, 0.3) is 20.1 Å². The quantitative estimate of drug-likeness (QED) is 0.0744. The summed E-state index contributed by atoms with van der Waals surface area (Å²) in [6, 6.07) is 24.1. The molecule has 12 heteroatoms. The minimum absolute atomic E-state index is 0.0473. The van der Waals surface area contributed by atoms with E-state index >= 15 is 0 Å². The second-order valence-electron chi connectivity index (χ2n) is 11.7. The van der Waals surface area contributed by atoms with Crippen molar-refractivity contribution >= 4 is 30.5 Å². The highest BCUT2D eigenvalue weighted by atomic mass is 28.4. The van der Waals surface area contributed by atoms with Gasteiger partial charge in [0.2, 0.25) is 0 Å². The number of hydrogen-bond donors (Lipinski definition) is 3. The minimum atomic E-state index is -3.36. The van der Waals surface area contributed by atoms with Gasteiger partial charge in [0, 0.05) is 11.5 Å². The van der Waals surface area contributed by atoms with E-state index in [-0.39, 0.29) is 30.7 Å². The Bertz CT molecular complexity index is 1460. The third-order valence-electron chi connectivity index (χ3n) is 8.75. The van der Waals surface area contributed by atoms with Crippen molar-refractivity contribution in [2.75, 3.05) is 13.2 Å². The molecule has 11 nitrogen and oxygen atoms in total. The van der Waals surface area contributed by atoms with E-state index in [1.807, 2.05) is 74.5 Å². The highest BCUT2D eigenvalue weighted by Gasteiger charge is 2.55. The van der Waals surface area contributed by atoms with Crippen LogP contribution in [0.15, 0.2) is 90.0 Å². The fourth-order valence-electron chi connectivity index (χ4n) is 6.29. The summed E-state index contributed by atoms with van der Waals surface area (Å²) in [7, 11) is -3.36. The molecule has 230 valence electrons. The van der Waals surface area contributed by atoms with E-state index in [1.54, 1.807) is 12.1 Å². The molecule has 1 fully saturated rings. The zero-order valence-electron chi connectivity index (χ0n) is 24.6. The molecular weight excluding hydrogens is 580 g/mol. The molecule has 3 aromatic carbocycles. The molecule has 0 saturated carbocycles. The molecule has 2 aliphatic rings. The molecule has 5 rings (SSSR count). The number of aliphatic hydroxyl groups is 2. The van der Waals surface area contributed by atoms with Crippen LogP contribution >= 0.6 is 0 Å². The predicted octanol–water partition coefficient (Wildman–Crippen LogP) is 2.74. The number of imide groups is 1. The van der Waals surface area contributed by atoms with Crippen LogP contribution in [-0.2, 0) is 9.47 Å². The van der Waals surface area contributed by atoms with Crippen LogP contribution in [0.5, 0.6) is 0 Å². The molecule has 2 heterocycles. The van der Waals surface area contributed by atoms with Gasteiger partial charge in [0.15, 0.2) is 6.29 Å². The summed E-state index contributed by atoms with van der Waals surface area (Å²) in [6.45, 7) is 3.82. The van der Waals surface area contributed by atoms with Crippen molar-refractivity contribution < 1.29 is 34.1 Å². The summed E-state index contributed by atoms with van der Waals surface area (Å²) in [5, 5.41) is 27.2. The largest absolute Gasteiger partial charge is 0.424 e. The number of benzene rings is 3. The Hall–Kier alpha value is -3.87. The van der Waals surface area contributed by atoms with Crippen LogP contribution in [0.25, 0.3) is 10.4 Å². The first-order valence-electron chi connectivity index (χ1n) is 14.6. The SMILES string of the molecule is CC(C)(CCC1O[C@@H](OCCN=[N+]=[N-])C(N2C(=O)c3ccccc3C2=O)C(O)[C@@H]1O)[Si](O)(c1ccccc1)c1ccccc1. The van der Waals surface area contributed by atoms with Gasteiger partial charge in [-0.1, -0.05) is 91.8 Å². The van der Waals surface area contributed by atoms with Crippen LogP contribution < -0.4 is 10.4 Å². The molecule has 3 aromatic rings. The summed E-state index contributed by atoms with van der Waals surface area (Å²) in [5.74, 6) is -1.26. The van der Waals surface area contributed by atoms with Gasteiger partial charge in [-0.25, -0.2) is 0 Å². The van der Waals surface area contributed by atoms with Crippen molar-refractivity contribution in [1.29, 1.82) is 0 Å². The highest BCUT2D eigenvalue weighted by molar-refractivity contribution is 6.98. The zero-order valence-corrected chi connectivity index (χ0v) is 25.6. The predicted molar refractivity (Wildman–Crippen MR) is 165 cm³/mol. The standard InChI is InChI=1S/C32H36N4O7Si/c1-32(2,44(41,21-11-5-3-6-12-21)22-13-7-4-8-14-22)18-17-25-27(37)28(38)26(31(43-25)42-20-19-34-35-33)36-29(39)23-15-9-10-16-24(23)30(36)40/h3-16,25-28,31,37-38,41H,17-20H2,1-2H3/t25?,26?,27-,28?,31-/m1/s1. The average Bonchev–Trinajstić information content (AvgIpc) is 3.29. The van der Waals surface area contributed by atoms with Crippen molar-refractivity contribution in [3.05, 3.63) is 106 Å². The monoisotopic (exact) mass is 616 g/mol. The van der Waals surface area contributed by atoms with Gasteiger partial charge in [0.1, 0.15) is 18.2 Å². The number of hydrogen-bond acceptors (Lipinski definition) is 8. The highest BCUT2D eigenvalue weighted by Crippen LogP contribution is 2.42. The third kappa shape index (κ3) is 5.69. The Morgan fingerprint density at radius 2 is 1.43 bits per heavy atom. The van der Waals surface area contributed by atoms with Crippen LogP contribution in [-0.4, -0.2) is 83.8 Å². The summed E-state index contributed by atoms with van der Waals surface area (Å²) < 4.78 is 12.1. The van der Waals surface area contributed by atoms with Gasteiger partial charge >= 0.3 is 0 Å². The molecule has 0 radical (unpaired) electrons. The molecule has 2 amide bonds. The molecule has 3 unspecified atom stereocenters. The van der Waals surface area contributed by atoms with Crippen molar-refractivity contribution in [3.63, 3.8) is 0 Å². The maximum absolute atomic E-state index is 13.3. The number of amides is 2. The second kappa shape index (κ2) is 13.0. The van der Waals surface area contributed by atoms with Crippen molar-refractivity contribution in [2.45, 2.75) is 62.4 Å². The maximum Gasteiger partial charge on any atom is 0.262 e. The van der Waals surface area contributed by atoms with Crippen LogP contribution in [0.3, 0.4) is 0 Å². The normalized spacial score (nSPS) is 23.8. The molecule has 1 saturated heterocycles. The summed E-state index contributed by atoms with van der Waals surface area (Å²) in [5.41, 5.74) is 9.04. The lowest BCUT2D eigenvalue weighted by molar-refractivity contribution is -0.274. The first-order chi connectivity index (χ1) is 21.1. The van der Waals surface area contributed by atoms with E-state index in [1.165, 1.54) is 12.1 Å². The number of ether oxygens (including phenoxy) is 2. The van der Waals surface area contributed by atoms with E-state index in [0.717, 1.165) is 15.3 Å². The van der Waals surface area contributed by atoms with Gasteiger partial charge in [-0.2, -0.15) is 0 Å². The molecule has 0 bridgehead atoms. The number of fused-ring (bicyclic) bond motifs is 1.